The Morgan fingerprint density at radius 2 is 2.13 bits per heavy atom. The van der Waals surface area contributed by atoms with Crippen LogP contribution >= 0.6 is 0 Å². The van der Waals surface area contributed by atoms with Gasteiger partial charge >= 0.3 is 5.97 Å². The molecule has 6 heteroatoms. The second kappa shape index (κ2) is 9.02. The summed E-state index contributed by atoms with van der Waals surface area (Å²) in [4.78, 5) is 17.4. The van der Waals surface area contributed by atoms with Gasteiger partial charge in [0.05, 0.1) is 12.7 Å². The van der Waals surface area contributed by atoms with Crippen LogP contribution in [0.3, 0.4) is 0 Å². The van der Waals surface area contributed by atoms with Gasteiger partial charge in [-0.1, -0.05) is 12.5 Å². The van der Waals surface area contributed by atoms with Gasteiger partial charge in [-0.3, -0.25) is 4.90 Å². The van der Waals surface area contributed by atoms with Crippen LogP contribution in [-0.4, -0.2) is 41.2 Å². The number of H-pyrrole nitrogens is 1. The molecule has 1 saturated heterocycles. The summed E-state index contributed by atoms with van der Waals surface area (Å²) in [5, 5.41) is 14.0. The average molecular weight is 422 g/mol. The third kappa shape index (κ3) is 4.12. The number of hydrogen-bond acceptors (Lipinski definition) is 4. The number of hydrogen-bond donors (Lipinski definition) is 3. The zero-order valence-electron chi connectivity index (χ0n) is 18.5. The Morgan fingerprint density at radius 3 is 2.87 bits per heavy atom. The molecule has 2 aromatic carbocycles. The molecule has 164 valence electrons. The van der Waals surface area contributed by atoms with E-state index < -0.39 is 5.97 Å². The van der Waals surface area contributed by atoms with E-state index in [2.05, 4.69) is 34.3 Å². The number of likely N-dealkylation sites (tertiary alicyclic amines) is 1. The van der Waals surface area contributed by atoms with Gasteiger partial charge < -0.3 is 20.1 Å². The van der Waals surface area contributed by atoms with Crippen molar-refractivity contribution in [3.05, 3.63) is 58.8 Å². The predicted molar refractivity (Wildman–Crippen MR) is 124 cm³/mol. The van der Waals surface area contributed by atoms with E-state index >= 15 is 0 Å². The van der Waals surface area contributed by atoms with Crippen molar-refractivity contribution in [2.45, 2.75) is 45.7 Å². The fraction of sp³-hybridized carbons (Fsp3) is 0.400. The molecule has 3 aromatic rings. The number of ether oxygens (including phenoxy) is 1. The lowest BCUT2D eigenvalue weighted by Crippen LogP contribution is -2.33. The van der Waals surface area contributed by atoms with Crippen molar-refractivity contribution in [2.75, 3.05) is 25.5 Å². The maximum absolute atomic E-state index is 11.5. The third-order valence-electron chi connectivity index (χ3n) is 6.33. The zero-order valence-corrected chi connectivity index (χ0v) is 18.5. The normalized spacial score (nSPS) is 17.1. The number of benzene rings is 2. The van der Waals surface area contributed by atoms with Crippen LogP contribution in [0.2, 0.25) is 0 Å². The first-order chi connectivity index (χ1) is 15.0. The summed E-state index contributed by atoms with van der Waals surface area (Å²) in [5.41, 5.74) is 5.93. The van der Waals surface area contributed by atoms with Crippen molar-refractivity contribution in [1.29, 1.82) is 0 Å². The van der Waals surface area contributed by atoms with Crippen LogP contribution in [0.15, 0.2) is 36.5 Å². The highest BCUT2D eigenvalue weighted by Crippen LogP contribution is 2.39. The highest BCUT2D eigenvalue weighted by molar-refractivity contribution is 5.89. The third-order valence-corrected chi connectivity index (χ3v) is 6.33. The molecule has 1 aliphatic heterocycles. The molecule has 0 radical (unpaired) electrons. The number of aryl methyl sites for hydroxylation is 1. The Morgan fingerprint density at radius 1 is 1.29 bits per heavy atom. The molecule has 1 aromatic heterocycles. The van der Waals surface area contributed by atoms with Crippen molar-refractivity contribution < 1.29 is 14.6 Å². The van der Waals surface area contributed by atoms with Crippen LogP contribution < -0.4 is 10.1 Å². The SMILES string of the molecule is CCNc1cc(C(=O)O)ccc1[C@@H]1CCCCN1Cc1c(OC)cc(C)c2[nH]ccc12. The second-order valence-electron chi connectivity index (χ2n) is 8.26. The fourth-order valence-electron chi connectivity index (χ4n) is 4.84. The molecule has 4 rings (SSSR count). The summed E-state index contributed by atoms with van der Waals surface area (Å²) in [7, 11) is 1.73. The fourth-order valence-corrected chi connectivity index (χ4v) is 4.84. The quantitative estimate of drug-likeness (QED) is 0.480. The Hall–Kier alpha value is -2.99. The molecular weight excluding hydrogens is 390 g/mol. The second-order valence-corrected chi connectivity index (χ2v) is 8.26. The first kappa shape index (κ1) is 21.2. The standard InChI is InChI=1S/C25H31N3O3/c1-4-26-21-14-17(25(29)30)8-9-19(21)22-7-5-6-12-28(22)15-20-18-10-11-27-24(18)16(2)13-23(20)31-3/h8-11,13-14,22,26-27H,4-7,12,15H2,1-3H3,(H,29,30)/t22-/m0/s1. The average Bonchev–Trinajstić information content (AvgIpc) is 3.27. The molecule has 0 unspecified atom stereocenters. The van der Waals surface area contributed by atoms with Crippen molar-refractivity contribution in [3.63, 3.8) is 0 Å². The molecule has 6 nitrogen and oxygen atoms in total. The number of nitrogens with one attached hydrogen (secondary N) is 2. The van der Waals surface area contributed by atoms with E-state index in [1.54, 1.807) is 19.2 Å². The first-order valence-corrected chi connectivity index (χ1v) is 11.0. The maximum atomic E-state index is 11.5. The van der Waals surface area contributed by atoms with Crippen LogP contribution in [0.25, 0.3) is 10.9 Å². The van der Waals surface area contributed by atoms with Crippen LogP contribution in [0.4, 0.5) is 5.69 Å². The predicted octanol–water partition coefficient (Wildman–Crippen LogP) is 5.34. The molecule has 1 atom stereocenters. The monoisotopic (exact) mass is 421 g/mol. The first-order valence-electron chi connectivity index (χ1n) is 11.0. The van der Waals surface area contributed by atoms with Gasteiger partial charge in [-0.25, -0.2) is 4.79 Å². The molecule has 1 fully saturated rings. The number of anilines is 1. The molecular formula is C25H31N3O3. The van der Waals surface area contributed by atoms with E-state index in [9.17, 15) is 9.90 Å². The van der Waals surface area contributed by atoms with Crippen LogP contribution in [0, 0.1) is 6.92 Å². The van der Waals surface area contributed by atoms with Gasteiger partial charge in [0.15, 0.2) is 0 Å². The molecule has 0 bridgehead atoms. The summed E-state index contributed by atoms with van der Waals surface area (Å²) < 4.78 is 5.77. The molecule has 0 spiro atoms. The van der Waals surface area contributed by atoms with E-state index in [1.807, 2.05) is 19.2 Å². The van der Waals surface area contributed by atoms with Crippen molar-refractivity contribution in [1.82, 2.24) is 9.88 Å². The van der Waals surface area contributed by atoms with Gasteiger partial charge in [-0.05, 0) is 68.6 Å². The topological polar surface area (TPSA) is 77.6 Å². The van der Waals surface area contributed by atoms with E-state index in [-0.39, 0.29) is 6.04 Å². The minimum Gasteiger partial charge on any atom is -0.496 e. The largest absolute Gasteiger partial charge is 0.496 e. The molecule has 2 heterocycles. The van der Waals surface area contributed by atoms with Crippen LogP contribution in [0.5, 0.6) is 5.75 Å². The van der Waals surface area contributed by atoms with Crippen molar-refractivity contribution in [3.8, 4) is 5.75 Å². The molecule has 0 amide bonds. The van der Waals surface area contributed by atoms with Crippen LogP contribution in [0.1, 0.15) is 59.3 Å². The number of carboxylic acid groups (broad SMARTS) is 1. The number of aromatic nitrogens is 1. The Balaban J connectivity index is 1.73. The maximum Gasteiger partial charge on any atom is 0.335 e. The minimum atomic E-state index is -0.898. The summed E-state index contributed by atoms with van der Waals surface area (Å²) in [6.45, 7) is 6.67. The van der Waals surface area contributed by atoms with E-state index in [0.717, 1.165) is 55.9 Å². The number of nitrogens with zero attached hydrogens (tertiary/aromatic N) is 1. The summed E-state index contributed by atoms with van der Waals surface area (Å²) in [6.07, 6.45) is 5.36. The molecule has 31 heavy (non-hydrogen) atoms. The zero-order chi connectivity index (χ0) is 22.0. The van der Waals surface area contributed by atoms with Crippen molar-refractivity contribution >= 4 is 22.6 Å². The number of piperidine rings is 1. The number of methoxy groups -OCH3 is 1. The Labute approximate surface area is 183 Å². The number of aromatic amines is 1. The summed E-state index contributed by atoms with van der Waals surface area (Å²) in [6, 6.07) is 9.95. The lowest BCUT2D eigenvalue weighted by molar-refractivity contribution is 0.0697. The number of rotatable bonds is 7. The number of carboxylic acids is 1. The smallest absolute Gasteiger partial charge is 0.335 e. The molecule has 0 saturated carbocycles. The van der Waals surface area contributed by atoms with E-state index in [1.165, 1.54) is 22.1 Å². The molecule has 3 N–H and O–H groups in total. The number of carbonyl (C=O) groups is 1. The Bertz CT molecular complexity index is 1090. The lowest BCUT2D eigenvalue weighted by atomic mass is 9.92. The summed E-state index contributed by atoms with van der Waals surface area (Å²) in [5.74, 6) is 0.0208. The van der Waals surface area contributed by atoms with Gasteiger partial charge in [0.1, 0.15) is 5.75 Å². The van der Waals surface area contributed by atoms with Crippen LogP contribution in [-0.2, 0) is 6.54 Å². The number of fused-ring (bicyclic) bond motifs is 1. The number of aromatic carboxylic acids is 1. The van der Waals surface area contributed by atoms with Gasteiger partial charge in [0, 0.05) is 47.5 Å². The van der Waals surface area contributed by atoms with Gasteiger partial charge in [-0.15, -0.1) is 0 Å². The molecule has 0 aliphatic carbocycles. The van der Waals surface area contributed by atoms with E-state index in [0.29, 0.717) is 5.56 Å². The highest BCUT2D eigenvalue weighted by atomic mass is 16.5. The highest BCUT2D eigenvalue weighted by Gasteiger charge is 2.28. The minimum absolute atomic E-state index is 0.227. The summed E-state index contributed by atoms with van der Waals surface area (Å²) >= 11 is 0. The Kier molecular flexibility index (Phi) is 6.18. The molecule has 1 aliphatic rings. The lowest BCUT2D eigenvalue weighted by Gasteiger charge is -2.37. The van der Waals surface area contributed by atoms with Gasteiger partial charge in [0.2, 0.25) is 0 Å². The van der Waals surface area contributed by atoms with E-state index in [4.69, 9.17) is 4.74 Å². The van der Waals surface area contributed by atoms with Gasteiger partial charge in [-0.2, -0.15) is 0 Å². The van der Waals surface area contributed by atoms with Crippen molar-refractivity contribution in [2.24, 2.45) is 0 Å². The van der Waals surface area contributed by atoms with Gasteiger partial charge in [0.25, 0.3) is 0 Å².